The molecule has 1 atom stereocenters. The van der Waals surface area contributed by atoms with Gasteiger partial charge in [0.05, 0.1) is 0 Å². The Hall–Kier alpha value is -1.02. The molecule has 2 rings (SSSR count). The second kappa shape index (κ2) is 6.06. The van der Waals surface area contributed by atoms with Crippen LogP contribution in [-0.4, -0.2) is 13.1 Å². The maximum absolute atomic E-state index is 6.12. The van der Waals surface area contributed by atoms with E-state index in [1.165, 1.54) is 43.6 Å². The van der Waals surface area contributed by atoms with Crippen LogP contribution in [-0.2, 0) is 0 Å². The molecule has 1 aliphatic heterocycles. The molecule has 17 heavy (non-hydrogen) atoms. The van der Waals surface area contributed by atoms with Crippen LogP contribution in [0.3, 0.4) is 0 Å². The molecule has 1 aliphatic rings. The second-order valence-electron chi connectivity index (χ2n) is 5.03. The summed E-state index contributed by atoms with van der Waals surface area (Å²) in [6.45, 7) is 4.60. The van der Waals surface area contributed by atoms with Gasteiger partial charge >= 0.3 is 0 Å². The summed E-state index contributed by atoms with van der Waals surface area (Å²) < 4.78 is 0. The van der Waals surface area contributed by atoms with Crippen molar-refractivity contribution >= 4 is 5.69 Å². The number of piperidine rings is 1. The smallest absolute Gasteiger partial charge is 0.0366 e. The lowest BCUT2D eigenvalue weighted by Crippen LogP contribution is -2.29. The first-order chi connectivity index (χ1) is 8.31. The van der Waals surface area contributed by atoms with Gasteiger partial charge < -0.3 is 10.6 Å². The third-order valence-corrected chi connectivity index (χ3v) is 3.64. The highest BCUT2D eigenvalue weighted by Crippen LogP contribution is 2.23. The summed E-state index contributed by atoms with van der Waals surface area (Å²) in [6, 6.07) is 9.07. The van der Waals surface area contributed by atoms with Gasteiger partial charge in [0.2, 0.25) is 0 Å². The molecule has 2 nitrogen and oxygen atoms in total. The highest BCUT2D eigenvalue weighted by atomic mass is 15.1. The van der Waals surface area contributed by atoms with Crippen molar-refractivity contribution < 1.29 is 0 Å². The van der Waals surface area contributed by atoms with E-state index in [1.807, 2.05) is 0 Å². The van der Waals surface area contributed by atoms with Gasteiger partial charge in [-0.05, 0) is 43.4 Å². The molecule has 0 amide bonds. The lowest BCUT2D eigenvalue weighted by atomic mass is 10.0. The minimum Gasteiger partial charge on any atom is -0.372 e. The van der Waals surface area contributed by atoms with E-state index in [-0.39, 0.29) is 6.04 Å². The molecule has 0 radical (unpaired) electrons. The summed E-state index contributed by atoms with van der Waals surface area (Å²) in [7, 11) is 0. The van der Waals surface area contributed by atoms with Crippen LogP contribution in [0.5, 0.6) is 0 Å². The van der Waals surface area contributed by atoms with Crippen molar-refractivity contribution in [1.29, 1.82) is 0 Å². The van der Waals surface area contributed by atoms with E-state index < -0.39 is 0 Å². The number of hydrogen-bond donors (Lipinski definition) is 1. The van der Waals surface area contributed by atoms with Crippen LogP contribution in [0.2, 0.25) is 0 Å². The molecular formula is C15H24N2. The highest BCUT2D eigenvalue weighted by Gasteiger charge is 2.11. The summed E-state index contributed by atoms with van der Waals surface area (Å²) in [5.74, 6) is 0. The van der Waals surface area contributed by atoms with Gasteiger partial charge in [0, 0.05) is 24.8 Å². The van der Waals surface area contributed by atoms with Gasteiger partial charge in [-0.3, -0.25) is 0 Å². The average Bonchev–Trinajstić information content (AvgIpc) is 2.40. The van der Waals surface area contributed by atoms with Gasteiger partial charge in [0.1, 0.15) is 0 Å². The predicted octanol–water partition coefficient (Wildman–Crippen LogP) is 3.48. The summed E-state index contributed by atoms with van der Waals surface area (Å²) in [5, 5.41) is 0. The molecule has 1 heterocycles. The number of nitrogens with two attached hydrogens (primary N) is 1. The first kappa shape index (κ1) is 12.4. The number of hydrogen-bond acceptors (Lipinski definition) is 2. The first-order valence-electron chi connectivity index (χ1n) is 6.91. The normalized spacial score (nSPS) is 18.1. The number of anilines is 1. The van der Waals surface area contributed by atoms with Crippen molar-refractivity contribution in [3.05, 3.63) is 29.8 Å². The average molecular weight is 232 g/mol. The summed E-state index contributed by atoms with van der Waals surface area (Å²) in [4.78, 5) is 2.48. The van der Waals surface area contributed by atoms with Gasteiger partial charge in [-0.15, -0.1) is 0 Å². The van der Waals surface area contributed by atoms with Crippen molar-refractivity contribution in [2.45, 2.75) is 45.1 Å². The molecule has 2 N–H and O–H groups in total. The fourth-order valence-corrected chi connectivity index (χ4v) is 2.56. The van der Waals surface area contributed by atoms with Crippen LogP contribution >= 0.6 is 0 Å². The highest BCUT2D eigenvalue weighted by molar-refractivity contribution is 5.48. The third-order valence-electron chi connectivity index (χ3n) is 3.64. The Balaban J connectivity index is 2.01. The molecule has 1 aromatic rings. The molecule has 0 aromatic heterocycles. The second-order valence-corrected chi connectivity index (χ2v) is 5.03. The van der Waals surface area contributed by atoms with Crippen LogP contribution in [0.1, 0.15) is 50.6 Å². The Morgan fingerprint density at radius 1 is 1.12 bits per heavy atom. The molecule has 94 valence electrons. The Morgan fingerprint density at radius 2 is 1.76 bits per heavy atom. The van der Waals surface area contributed by atoms with Crippen LogP contribution in [0.4, 0.5) is 5.69 Å². The van der Waals surface area contributed by atoms with Gasteiger partial charge in [-0.25, -0.2) is 0 Å². The molecule has 1 saturated heterocycles. The lowest BCUT2D eigenvalue weighted by Gasteiger charge is -2.29. The zero-order chi connectivity index (χ0) is 12.1. The topological polar surface area (TPSA) is 29.3 Å². The van der Waals surface area contributed by atoms with E-state index in [0.29, 0.717) is 0 Å². The fourth-order valence-electron chi connectivity index (χ4n) is 2.56. The summed E-state index contributed by atoms with van der Waals surface area (Å²) in [5.41, 5.74) is 8.75. The van der Waals surface area contributed by atoms with Crippen LogP contribution in [0.25, 0.3) is 0 Å². The molecule has 1 fully saturated rings. The molecule has 1 unspecified atom stereocenters. The molecule has 1 aromatic carbocycles. The molecule has 0 aliphatic carbocycles. The SMILES string of the molecule is CCCC(N)c1ccc(N2CCCCC2)cc1. The van der Waals surface area contributed by atoms with Crippen LogP contribution < -0.4 is 10.6 Å². The van der Waals surface area contributed by atoms with Gasteiger partial charge in [0.15, 0.2) is 0 Å². The minimum atomic E-state index is 0.204. The maximum Gasteiger partial charge on any atom is 0.0366 e. The zero-order valence-electron chi connectivity index (χ0n) is 10.9. The van der Waals surface area contributed by atoms with Crippen molar-refractivity contribution in [3.8, 4) is 0 Å². The molecule has 2 heteroatoms. The van der Waals surface area contributed by atoms with Crippen molar-refractivity contribution in [3.63, 3.8) is 0 Å². The monoisotopic (exact) mass is 232 g/mol. The Kier molecular flexibility index (Phi) is 4.43. The summed E-state index contributed by atoms with van der Waals surface area (Å²) in [6.07, 6.45) is 6.27. The molecule has 0 spiro atoms. The minimum absolute atomic E-state index is 0.204. The Morgan fingerprint density at radius 3 is 2.35 bits per heavy atom. The van der Waals surface area contributed by atoms with E-state index in [9.17, 15) is 0 Å². The largest absolute Gasteiger partial charge is 0.372 e. The van der Waals surface area contributed by atoms with E-state index in [4.69, 9.17) is 5.73 Å². The summed E-state index contributed by atoms with van der Waals surface area (Å²) >= 11 is 0. The molecule has 0 bridgehead atoms. The zero-order valence-corrected chi connectivity index (χ0v) is 10.9. The van der Waals surface area contributed by atoms with Crippen molar-refractivity contribution in [2.24, 2.45) is 5.73 Å². The van der Waals surface area contributed by atoms with Crippen LogP contribution in [0, 0.1) is 0 Å². The lowest BCUT2D eigenvalue weighted by molar-refractivity contribution is 0.577. The Labute approximate surface area is 105 Å². The van der Waals surface area contributed by atoms with E-state index in [0.717, 1.165) is 12.8 Å². The predicted molar refractivity (Wildman–Crippen MR) is 74.3 cm³/mol. The maximum atomic E-state index is 6.12. The first-order valence-corrected chi connectivity index (χ1v) is 6.91. The number of benzene rings is 1. The number of rotatable bonds is 4. The van der Waals surface area contributed by atoms with Gasteiger partial charge in [-0.1, -0.05) is 25.5 Å². The van der Waals surface area contributed by atoms with E-state index >= 15 is 0 Å². The van der Waals surface area contributed by atoms with Crippen molar-refractivity contribution in [2.75, 3.05) is 18.0 Å². The fraction of sp³-hybridized carbons (Fsp3) is 0.600. The van der Waals surface area contributed by atoms with Crippen LogP contribution in [0.15, 0.2) is 24.3 Å². The van der Waals surface area contributed by atoms with Gasteiger partial charge in [0.25, 0.3) is 0 Å². The van der Waals surface area contributed by atoms with Gasteiger partial charge in [-0.2, -0.15) is 0 Å². The van der Waals surface area contributed by atoms with E-state index in [1.54, 1.807) is 0 Å². The van der Waals surface area contributed by atoms with E-state index in [2.05, 4.69) is 36.1 Å². The number of nitrogens with zero attached hydrogens (tertiary/aromatic N) is 1. The molecule has 0 saturated carbocycles. The molecular weight excluding hydrogens is 208 g/mol. The standard InChI is InChI=1S/C15H24N2/c1-2-6-15(16)13-7-9-14(10-8-13)17-11-4-3-5-12-17/h7-10,15H,2-6,11-12,16H2,1H3. The third kappa shape index (κ3) is 3.22. The van der Waals surface area contributed by atoms with Crippen molar-refractivity contribution in [1.82, 2.24) is 0 Å². The Bertz CT molecular complexity index is 325. The quantitative estimate of drug-likeness (QED) is 0.861.